The van der Waals surface area contributed by atoms with Crippen LogP contribution in [0.2, 0.25) is 0 Å². The predicted octanol–water partition coefficient (Wildman–Crippen LogP) is 2.54. The maximum Gasteiger partial charge on any atom is 0.122 e. The zero-order chi connectivity index (χ0) is 15.4. The summed E-state index contributed by atoms with van der Waals surface area (Å²) in [6, 6.07) is 6.36. The molecule has 0 amide bonds. The van der Waals surface area contributed by atoms with Crippen molar-refractivity contribution in [2.75, 3.05) is 26.3 Å². The fourth-order valence-corrected chi connectivity index (χ4v) is 2.59. The number of aliphatic hydroxyl groups excluding tert-OH is 1. The Bertz CT molecular complexity index is 459. The van der Waals surface area contributed by atoms with Gasteiger partial charge in [-0.2, -0.15) is 0 Å². The summed E-state index contributed by atoms with van der Waals surface area (Å²) in [5.74, 6) is 0.865. The maximum atomic E-state index is 9.59. The average Bonchev–Trinajstić information content (AvgIpc) is 2.46. The molecule has 1 aromatic rings. The second-order valence-corrected chi connectivity index (χ2v) is 6.09. The standard InChI is InChI=1S/C17H27NO3/c1-12(2)18-7-8-20-16(10-18)11-21-17-6-5-15(14(4)19)9-13(17)3/h5-6,9,12,14,16,19H,7-8,10-11H2,1-4H3/t14-,16?/m1/s1. The molecule has 118 valence electrons. The lowest BCUT2D eigenvalue weighted by atomic mass is 10.1. The molecular weight excluding hydrogens is 266 g/mol. The van der Waals surface area contributed by atoms with Crippen LogP contribution in [0.5, 0.6) is 5.75 Å². The second kappa shape index (κ2) is 7.25. The first-order valence-corrected chi connectivity index (χ1v) is 7.74. The fraction of sp³-hybridized carbons (Fsp3) is 0.647. The monoisotopic (exact) mass is 293 g/mol. The van der Waals surface area contributed by atoms with Crippen molar-refractivity contribution < 1.29 is 14.6 Å². The van der Waals surface area contributed by atoms with E-state index in [-0.39, 0.29) is 6.10 Å². The molecule has 1 aliphatic heterocycles. The Kier molecular flexibility index (Phi) is 5.62. The van der Waals surface area contributed by atoms with E-state index in [4.69, 9.17) is 9.47 Å². The molecule has 4 nitrogen and oxygen atoms in total. The highest BCUT2D eigenvalue weighted by molar-refractivity contribution is 5.36. The first kappa shape index (κ1) is 16.3. The van der Waals surface area contributed by atoms with E-state index < -0.39 is 6.10 Å². The van der Waals surface area contributed by atoms with Gasteiger partial charge in [0.25, 0.3) is 0 Å². The quantitative estimate of drug-likeness (QED) is 0.906. The van der Waals surface area contributed by atoms with Crippen LogP contribution in [0.4, 0.5) is 0 Å². The van der Waals surface area contributed by atoms with Gasteiger partial charge in [-0.3, -0.25) is 4.90 Å². The molecule has 0 spiro atoms. The van der Waals surface area contributed by atoms with Crippen LogP contribution >= 0.6 is 0 Å². The van der Waals surface area contributed by atoms with E-state index in [9.17, 15) is 5.11 Å². The largest absolute Gasteiger partial charge is 0.491 e. The van der Waals surface area contributed by atoms with Gasteiger partial charge in [-0.15, -0.1) is 0 Å². The molecule has 0 saturated carbocycles. The Hall–Kier alpha value is -1.10. The van der Waals surface area contributed by atoms with Crippen LogP contribution in [-0.4, -0.2) is 48.5 Å². The molecule has 0 aliphatic carbocycles. The SMILES string of the molecule is Cc1cc([C@@H](C)O)ccc1OCC1CN(C(C)C)CCO1. The number of morpholine rings is 1. The molecule has 4 heteroatoms. The van der Waals surface area contributed by atoms with E-state index in [2.05, 4.69) is 18.7 Å². The number of benzene rings is 1. The van der Waals surface area contributed by atoms with Crippen molar-refractivity contribution in [2.45, 2.75) is 45.9 Å². The van der Waals surface area contributed by atoms with Crippen molar-refractivity contribution in [1.29, 1.82) is 0 Å². The van der Waals surface area contributed by atoms with Gasteiger partial charge in [0.15, 0.2) is 0 Å². The third-order valence-electron chi connectivity index (χ3n) is 4.01. The lowest BCUT2D eigenvalue weighted by molar-refractivity contribution is -0.0565. The number of nitrogens with zero attached hydrogens (tertiary/aromatic N) is 1. The number of rotatable bonds is 5. The number of hydrogen-bond donors (Lipinski definition) is 1. The summed E-state index contributed by atoms with van der Waals surface area (Å²) in [4.78, 5) is 2.42. The summed E-state index contributed by atoms with van der Waals surface area (Å²) in [7, 11) is 0. The van der Waals surface area contributed by atoms with Gasteiger partial charge in [-0.1, -0.05) is 6.07 Å². The number of aliphatic hydroxyl groups is 1. The topological polar surface area (TPSA) is 41.9 Å². The Morgan fingerprint density at radius 1 is 1.38 bits per heavy atom. The third-order valence-corrected chi connectivity index (χ3v) is 4.01. The Balaban J connectivity index is 1.91. The van der Waals surface area contributed by atoms with Crippen LogP contribution in [0.1, 0.15) is 38.0 Å². The van der Waals surface area contributed by atoms with Crippen LogP contribution in [0, 0.1) is 6.92 Å². The molecule has 0 aromatic heterocycles. The first-order chi connectivity index (χ1) is 9.97. The van der Waals surface area contributed by atoms with E-state index in [0.29, 0.717) is 12.6 Å². The third kappa shape index (κ3) is 4.43. The van der Waals surface area contributed by atoms with E-state index in [1.54, 1.807) is 6.92 Å². The van der Waals surface area contributed by atoms with E-state index >= 15 is 0 Å². The van der Waals surface area contributed by atoms with Crippen molar-refractivity contribution in [3.63, 3.8) is 0 Å². The summed E-state index contributed by atoms with van der Waals surface area (Å²) in [5, 5.41) is 9.59. The van der Waals surface area contributed by atoms with Gasteiger partial charge >= 0.3 is 0 Å². The molecule has 0 radical (unpaired) electrons. The van der Waals surface area contributed by atoms with E-state index in [0.717, 1.165) is 36.6 Å². The number of hydrogen-bond acceptors (Lipinski definition) is 4. The zero-order valence-electron chi connectivity index (χ0n) is 13.5. The molecule has 1 aromatic carbocycles. The van der Waals surface area contributed by atoms with E-state index in [1.807, 2.05) is 25.1 Å². The molecule has 21 heavy (non-hydrogen) atoms. The van der Waals surface area contributed by atoms with Gasteiger partial charge in [0, 0.05) is 19.1 Å². The minimum absolute atomic E-state index is 0.122. The van der Waals surface area contributed by atoms with Gasteiger partial charge < -0.3 is 14.6 Å². The van der Waals surface area contributed by atoms with Crippen LogP contribution in [0.3, 0.4) is 0 Å². The summed E-state index contributed by atoms with van der Waals surface area (Å²) in [6.45, 7) is 11.4. The smallest absolute Gasteiger partial charge is 0.122 e. The lowest BCUT2D eigenvalue weighted by Gasteiger charge is -2.35. The van der Waals surface area contributed by atoms with Crippen LogP contribution in [-0.2, 0) is 4.74 Å². The number of ether oxygens (including phenoxy) is 2. The minimum atomic E-state index is -0.445. The second-order valence-electron chi connectivity index (χ2n) is 6.09. The zero-order valence-corrected chi connectivity index (χ0v) is 13.5. The Morgan fingerprint density at radius 3 is 2.76 bits per heavy atom. The van der Waals surface area contributed by atoms with Gasteiger partial charge in [-0.25, -0.2) is 0 Å². The summed E-state index contributed by atoms with van der Waals surface area (Å²) in [5.41, 5.74) is 1.96. The molecule has 1 unspecified atom stereocenters. The molecule has 1 N–H and O–H groups in total. The van der Waals surface area contributed by atoms with Crippen LogP contribution in [0.15, 0.2) is 18.2 Å². The maximum absolute atomic E-state index is 9.59. The first-order valence-electron chi connectivity index (χ1n) is 7.74. The minimum Gasteiger partial charge on any atom is -0.491 e. The summed E-state index contributed by atoms with van der Waals surface area (Å²) < 4.78 is 11.7. The summed E-state index contributed by atoms with van der Waals surface area (Å²) in [6.07, 6.45) is -0.323. The van der Waals surface area contributed by atoms with Crippen molar-refractivity contribution in [3.05, 3.63) is 29.3 Å². The highest BCUT2D eigenvalue weighted by Gasteiger charge is 2.22. The molecule has 0 bridgehead atoms. The fourth-order valence-electron chi connectivity index (χ4n) is 2.59. The molecule has 1 fully saturated rings. The number of aryl methyl sites for hydroxylation is 1. The predicted molar refractivity (Wildman–Crippen MR) is 83.8 cm³/mol. The van der Waals surface area contributed by atoms with Crippen molar-refractivity contribution in [1.82, 2.24) is 4.90 Å². The molecule has 1 heterocycles. The molecule has 2 rings (SSSR count). The molecular formula is C17H27NO3. The van der Waals surface area contributed by atoms with Gasteiger partial charge in [-0.05, 0) is 51.0 Å². The average molecular weight is 293 g/mol. The molecule has 2 atom stereocenters. The highest BCUT2D eigenvalue weighted by Crippen LogP contribution is 2.23. The van der Waals surface area contributed by atoms with Gasteiger partial charge in [0.1, 0.15) is 18.5 Å². The van der Waals surface area contributed by atoms with Crippen LogP contribution in [0.25, 0.3) is 0 Å². The molecule has 1 saturated heterocycles. The summed E-state index contributed by atoms with van der Waals surface area (Å²) >= 11 is 0. The Labute approximate surface area is 127 Å². The highest BCUT2D eigenvalue weighted by atomic mass is 16.5. The normalized spacial score (nSPS) is 21.5. The van der Waals surface area contributed by atoms with Crippen molar-refractivity contribution >= 4 is 0 Å². The molecule has 1 aliphatic rings. The van der Waals surface area contributed by atoms with E-state index in [1.165, 1.54) is 0 Å². The van der Waals surface area contributed by atoms with Crippen molar-refractivity contribution in [3.8, 4) is 5.75 Å². The van der Waals surface area contributed by atoms with Crippen molar-refractivity contribution in [2.24, 2.45) is 0 Å². The van der Waals surface area contributed by atoms with Crippen LogP contribution < -0.4 is 4.74 Å². The lowest BCUT2D eigenvalue weighted by Crippen LogP contribution is -2.47. The Morgan fingerprint density at radius 2 is 2.14 bits per heavy atom. The van der Waals surface area contributed by atoms with Gasteiger partial charge in [0.05, 0.1) is 12.7 Å². The van der Waals surface area contributed by atoms with Gasteiger partial charge in [0.2, 0.25) is 0 Å².